The number of halogens is 9. The first kappa shape index (κ1) is 35.5. The van der Waals surface area contributed by atoms with Crippen LogP contribution in [0.15, 0.2) is 36.4 Å². The van der Waals surface area contributed by atoms with Crippen LogP contribution in [0.2, 0.25) is 0 Å². The smallest absolute Gasteiger partial charge is 0.416 e. The third-order valence-electron chi connectivity index (χ3n) is 8.04. The van der Waals surface area contributed by atoms with Crippen LogP contribution in [0.25, 0.3) is 0 Å². The Hall–Kier alpha value is -2.96. The van der Waals surface area contributed by atoms with Crippen molar-refractivity contribution in [2.24, 2.45) is 11.8 Å². The van der Waals surface area contributed by atoms with Crippen LogP contribution in [0.1, 0.15) is 86.7 Å². The van der Waals surface area contributed by atoms with Crippen molar-refractivity contribution < 1.29 is 49.0 Å². The lowest BCUT2D eigenvalue weighted by Gasteiger charge is -2.34. The van der Waals surface area contributed by atoms with E-state index >= 15 is 0 Å². The lowest BCUT2D eigenvalue weighted by Crippen LogP contribution is -2.33. The topological polar surface area (TPSA) is 41.6 Å². The number of benzene rings is 2. The fourth-order valence-electron chi connectivity index (χ4n) is 5.61. The number of ether oxygens (including phenoxy) is 1. The maximum Gasteiger partial charge on any atom is 0.416 e. The summed E-state index contributed by atoms with van der Waals surface area (Å²) < 4.78 is 126. The number of carbonyl (C=O) groups excluding carboxylic acids is 1. The molecular weight excluding hydrogens is 603 g/mol. The highest BCUT2D eigenvalue weighted by atomic mass is 19.4. The molecule has 0 amide bonds. The van der Waals surface area contributed by atoms with Gasteiger partial charge < -0.3 is 15.0 Å². The Bertz CT molecular complexity index is 1220. The molecule has 4 nitrogen and oxygen atoms in total. The van der Waals surface area contributed by atoms with Gasteiger partial charge in [0.25, 0.3) is 0 Å². The molecule has 1 aliphatic carbocycles. The summed E-state index contributed by atoms with van der Waals surface area (Å²) in [5.74, 6) is 0.199. The van der Waals surface area contributed by atoms with Crippen LogP contribution in [0.4, 0.5) is 45.2 Å². The average molecular weight is 641 g/mol. The van der Waals surface area contributed by atoms with Crippen molar-refractivity contribution in [1.29, 1.82) is 0 Å². The molecule has 246 valence electrons. The molecule has 0 bridgehead atoms. The molecule has 0 aliphatic heterocycles. The fraction of sp³-hybridized carbons (Fsp3) is 0.581. The number of hydrogen-bond acceptors (Lipinski definition) is 4. The summed E-state index contributed by atoms with van der Waals surface area (Å²) in [5, 5.41) is 2.84. The molecule has 0 aromatic heterocycles. The Kier molecular flexibility index (Phi) is 11.6. The van der Waals surface area contributed by atoms with Crippen LogP contribution in [-0.4, -0.2) is 25.7 Å². The Morgan fingerprint density at radius 2 is 1.39 bits per heavy atom. The molecule has 0 radical (unpaired) electrons. The van der Waals surface area contributed by atoms with E-state index in [1.54, 1.807) is 6.92 Å². The summed E-state index contributed by atoms with van der Waals surface area (Å²) >= 11 is 0. The Labute approximate surface area is 250 Å². The quantitative estimate of drug-likeness (QED) is 0.197. The first-order valence-corrected chi connectivity index (χ1v) is 14.6. The van der Waals surface area contributed by atoms with Crippen LogP contribution in [0.3, 0.4) is 0 Å². The predicted octanol–water partition coefficient (Wildman–Crippen LogP) is 9.18. The summed E-state index contributed by atoms with van der Waals surface area (Å²) in [6.45, 7) is 6.03. The zero-order valence-electron chi connectivity index (χ0n) is 24.7. The molecule has 0 spiro atoms. The van der Waals surface area contributed by atoms with Crippen LogP contribution in [-0.2, 0) is 34.6 Å². The van der Waals surface area contributed by atoms with Crippen LogP contribution >= 0.6 is 0 Å². The van der Waals surface area contributed by atoms with E-state index in [4.69, 9.17) is 4.74 Å². The fourth-order valence-corrected chi connectivity index (χ4v) is 5.61. The number of nitrogens with one attached hydrogen (secondary N) is 1. The second-order valence-electron chi connectivity index (χ2n) is 11.2. The van der Waals surface area contributed by atoms with E-state index in [1.165, 1.54) is 13.0 Å². The van der Waals surface area contributed by atoms with Crippen molar-refractivity contribution in [2.75, 3.05) is 24.6 Å². The maximum absolute atomic E-state index is 13.6. The van der Waals surface area contributed by atoms with Gasteiger partial charge in [-0.2, -0.15) is 39.5 Å². The SMILES string of the molecule is CCOC(=O)C[C@H]1CC[C@H](CN(CC)c2ccc(C(F)(F)F)cc2CNC(C)c2cc(C(F)(F)F)cc(C(F)(F)F)c2)CC1. The molecule has 1 fully saturated rings. The number of rotatable bonds is 11. The minimum absolute atomic E-state index is 0.0323. The third-order valence-corrected chi connectivity index (χ3v) is 8.04. The van der Waals surface area contributed by atoms with Gasteiger partial charge >= 0.3 is 24.5 Å². The summed E-state index contributed by atoms with van der Waals surface area (Å²) in [6, 6.07) is 3.47. The van der Waals surface area contributed by atoms with Crippen molar-refractivity contribution in [1.82, 2.24) is 5.32 Å². The van der Waals surface area contributed by atoms with E-state index in [0.717, 1.165) is 37.8 Å². The van der Waals surface area contributed by atoms with Gasteiger partial charge in [-0.1, -0.05) is 0 Å². The minimum atomic E-state index is -5.02. The standard InChI is InChI=1S/C31H37F9N2O2/c1-4-42(18-21-8-6-20(7-9-21)12-28(43)44-5-2)27-11-10-24(29(32,33)34)15-23(27)17-41-19(3)22-13-25(30(35,36)37)16-26(14-22)31(38,39)40/h10-11,13-16,19-21,41H,4-9,12,17-18H2,1-3H3/t19?,20-,21-. The number of alkyl halides is 9. The number of hydrogen-bond donors (Lipinski definition) is 1. The third kappa shape index (κ3) is 9.77. The van der Waals surface area contributed by atoms with Gasteiger partial charge in [-0.15, -0.1) is 0 Å². The number of anilines is 1. The highest BCUT2D eigenvalue weighted by Gasteiger charge is 2.37. The van der Waals surface area contributed by atoms with Crippen LogP contribution in [0.5, 0.6) is 0 Å². The zero-order chi connectivity index (χ0) is 32.9. The molecule has 13 heteroatoms. The summed E-state index contributed by atoms with van der Waals surface area (Å²) in [4.78, 5) is 13.8. The largest absolute Gasteiger partial charge is 0.466 e. The van der Waals surface area contributed by atoms with Gasteiger partial charge in [-0.3, -0.25) is 4.79 Å². The molecule has 1 saturated carbocycles. The van der Waals surface area contributed by atoms with E-state index < -0.39 is 41.3 Å². The molecule has 0 heterocycles. The van der Waals surface area contributed by atoms with Crippen molar-refractivity contribution >= 4 is 11.7 Å². The second-order valence-corrected chi connectivity index (χ2v) is 11.2. The summed E-state index contributed by atoms with van der Waals surface area (Å²) in [6.07, 6.45) is -11.1. The average Bonchev–Trinajstić information content (AvgIpc) is 2.94. The highest BCUT2D eigenvalue weighted by molar-refractivity contribution is 5.69. The van der Waals surface area contributed by atoms with E-state index in [1.807, 2.05) is 11.8 Å². The van der Waals surface area contributed by atoms with Gasteiger partial charge in [0.1, 0.15) is 0 Å². The highest BCUT2D eigenvalue weighted by Crippen LogP contribution is 2.39. The Morgan fingerprint density at radius 1 is 0.841 bits per heavy atom. The van der Waals surface area contributed by atoms with E-state index in [9.17, 15) is 44.3 Å². The molecule has 1 atom stereocenters. The number of nitrogens with zero attached hydrogens (tertiary/aromatic N) is 1. The van der Waals surface area contributed by atoms with Crippen molar-refractivity contribution in [3.63, 3.8) is 0 Å². The van der Waals surface area contributed by atoms with Crippen molar-refractivity contribution in [2.45, 2.75) is 84.0 Å². The van der Waals surface area contributed by atoms with Crippen LogP contribution < -0.4 is 10.2 Å². The van der Waals surface area contributed by atoms with E-state index in [-0.39, 0.29) is 41.5 Å². The molecule has 2 aromatic carbocycles. The lowest BCUT2D eigenvalue weighted by atomic mass is 9.80. The summed E-state index contributed by atoms with van der Waals surface area (Å²) in [5.41, 5.74) is -3.44. The zero-order valence-corrected chi connectivity index (χ0v) is 24.7. The van der Waals surface area contributed by atoms with Crippen molar-refractivity contribution in [3.05, 3.63) is 64.2 Å². The van der Waals surface area contributed by atoms with Gasteiger partial charge in [0, 0.05) is 37.8 Å². The Balaban J connectivity index is 1.82. The molecular formula is C31H37F9N2O2. The Morgan fingerprint density at radius 3 is 1.89 bits per heavy atom. The molecule has 1 N–H and O–H groups in total. The van der Waals surface area contributed by atoms with E-state index in [2.05, 4.69) is 5.32 Å². The van der Waals surface area contributed by atoms with Gasteiger partial charge in [0.05, 0.1) is 23.3 Å². The van der Waals surface area contributed by atoms with Crippen molar-refractivity contribution in [3.8, 4) is 0 Å². The molecule has 3 rings (SSSR count). The number of carbonyl (C=O) groups is 1. The first-order valence-electron chi connectivity index (χ1n) is 14.6. The molecule has 1 unspecified atom stereocenters. The summed E-state index contributed by atoms with van der Waals surface area (Å²) in [7, 11) is 0. The molecule has 2 aromatic rings. The molecule has 44 heavy (non-hydrogen) atoms. The monoisotopic (exact) mass is 640 g/mol. The first-order chi connectivity index (χ1) is 20.4. The van der Waals surface area contributed by atoms with Gasteiger partial charge in [-0.25, -0.2) is 0 Å². The van der Waals surface area contributed by atoms with Gasteiger partial charge in [0.2, 0.25) is 0 Å². The van der Waals surface area contributed by atoms with Gasteiger partial charge in [-0.05, 0) is 106 Å². The predicted molar refractivity (Wildman–Crippen MR) is 148 cm³/mol. The second kappa shape index (κ2) is 14.4. The molecule has 0 saturated heterocycles. The van der Waals surface area contributed by atoms with Gasteiger partial charge in [0.15, 0.2) is 0 Å². The molecule has 1 aliphatic rings. The lowest BCUT2D eigenvalue weighted by molar-refractivity contribution is -0.145. The minimum Gasteiger partial charge on any atom is -0.466 e. The maximum atomic E-state index is 13.6. The normalized spacial score (nSPS) is 18.6. The van der Waals surface area contributed by atoms with Crippen LogP contribution in [0, 0.1) is 11.8 Å². The number of esters is 1. The van der Waals surface area contributed by atoms with E-state index in [0.29, 0.717) is 43.9 Å².